The van der Waals surface area contributed by atoms with Gasteiger partial charge in [0.2, 0.25) is 12.0 Å². The third-order valence-corrected chi connectivity index (χ3v) is 4.24. The Kier molecular flexibility index (Phi) is 8.06. The van der Waals surface area contributed by atoms with E-state index in [0.717, 1.165) is 24.3 Å². The largest absolute Gasteiger partial charge is 0.469 e. The second-order valence-corrected chi connectivity index (χ2v) is 6.44. The Labute approximate surface area is 179 Å². The van der Waals surface area contributed by atoms with Crippen molar-refractivity contribution in [3.05, 3.63) is 57.1 Å². The molecule has 2 aromatic rings. The fourth-order valence-corrected chi connectivity index (χ4v) is 2.61. The summed E-state index contributed by atoms with van der Waals surface area (Å²) in [6.45, 7) is 0. The van der Waals surface area contributed by atoms with E-state index in [-0.39, 0.29) is 35.1 Å². The van der Waals surface area contributed by atoms with E-state index in [1.165, 1.54) is 20.3 Å². The van der Waals surface area contributed by atoms with E-state index in [2.05, 4.69) is 4.74 Å². The van der Waals surface area contributed by atoms with Crippen LogP contribution in [0.4, 0.5) is 18.9 Å². The molecular weight excluding hydrogens is 447 g/mol. The molecule has 0 bridgehead atoms. The molecule has 12 heteroatoms. The number of methoxy groups -OCH3 is 2. The number of esters is 1. The average molecular weight is 464 g/mol. The first kappa shape index (κ1) is 24.2. The SMILES string of the molecule is COC(=O)CCC(OC)Oc1cc(Oc2ccc(C(F)(F)F)cc2Cl)ccc1[N+](=O)[O-]. The summed E-state index contributed by atoms with van der Waals surface area (Å²) in [6.07, 6.45) is -5.59. The summed E-state index contributed by atoms with van der Waals surface area (Å²) in [5, 5.41) is 11.0. The Hall–Kier alpha value is -3.05. The minimum absolute atomic E-state index is 0.0186. The van der Waals surface area contributed by atoms with Crippen LogP contribution in [0.15, 0.2) is 36.4 Å². The number of carbonyl (C=O) groups is 1. The van der Waals surface area contributed by atoms with Gasteiger partial charge in [0, 0.05) is 25.7 Å². The van der Waals surface area contributed by atoms with Crippen molar-refractivity contribution in [1.82, 2.24) is 0 Å². The van der Waals surface area contributed by atoms with Gasteiger partial charge in [0.05, 0.1) is 29.0 Å². The maximum atomic E-state index is 12.8. The van der Waals surface area contributed by atoms with Crippen molar-refractivity contribution in [2.75, 3.05) is 14.2 Å². The van der Waals surface area contributed by atoms with Crippen LogP contribution in [0.2, 0.25) is 5.02 Å². The second kappa shape index (κ2) is 10.3. The van der Waals surface area contributed by atoms with E-state index < -0.39 is 34.6 Å². The number of carbonyl (C=O) groups excluding carboxylic acids is 1. The quantitative estimate of drug-likeness (QED) is 0.213. The highest BCUT2D eigenvalue weighted by Crippen LogP contribution is 2.38. The molecule has 0 radical (unpaired) electrons. The van der Waals surface area contributed by atoms with E-state index in [4.69, 9.17) is 25.8 Å². The molecule has 0 aliphatic rings. The summed E-state index contributed by atoms with van der Waals surface area (Å²) in [4.78, 5) is 21.9. The van der Waals surface area contributed by atoms with Crippen LogP contribution in [0.1, 0.15) is 18.4 Å². The smallest absolute Gasteiger partial charge is 0.416 e. The highest BCUT2D eigenvalue weighted by Gasteiger charge is 2.31. The van der Waals surface area contributed by atoms with Gasteiger partial charge in [-0.1, -0.05) is 11.6 Å². The number of nitrogens with zero attached hydrogens (tertiary/aromatic N) is 1. The highest BCUT2D eigenvalue weighted by molar-refractivity contribution is 6.32. The summed E-state index contributed by atoms with van der Waals surface area (Å²) in [7, 11) is 2.50. The molecule has 0 aromatic heterocycles. The summed E-state index contributed by atoms with van der Waals surface area (Å²) in [5.74, 6) is -0.829. The minimum atomic E-state index is -4.57. The van der Waals surface area contributed by atoms with Gasteiger partial charge in [-0.2, -0.15) is 13.2 Å². The van der Waals surface area contributed by atoms with Crippen LogP contribution in [0.25, 0.3) is 0 Å². The van der Waals surface area contributed by atoms with Gasteiger partial charge in [0.25, 0.3) is 0 Å². The van der Waals surface area contributed by atoms with Gasteiger partial charge in [-0.05, 0) is 24.3 Å². The van der Waals surface area contributed by atoms with Crippen molar-refractivity contribution in [1.29, 1.82) is 0 Å². The zero-order chi connectivity index (χ0) is 23.2. The molecule has 2 aromatic carbocycles. The zero-order valence-electron chi connectivity index (χ0n) is 16.3. The third kappa shape index (κ3) is 6.72. The predicted octanol–water partition coefficient (Wildman–Crippen LogP) is 5.36. The summed E-state index contributed by atoms with van der Waals surface area (Å²) in [6, 6.07) is 6.01. The molecule has 0 saturated heterocycles. The molecule has 0 heterocycles. The van der Waals surface area contributed by atoms with E-state index in [0.29, 0.717) is 6.07 Å². The molecule has 1 unspecified atom stereocenters. The first-order valence-electron chi connectivity index (χ1n) is 8.64. The van der Waals surface area contributed by atoms with Crippen LogP contribution < -0.4 is 9.47 Å². The molecule has 0 aliphatic carbocycles. The molecule has 0 N–H and O–H groups in total. The van der Waals surface area contributed by atoms with Gasteiger partial charge in [-0.15, -0.1) is 0 Å². The number of halogens is 4. The molecule has 2 rings (SSSR count). The summed E-state index contributed by atoms with van der Waals surface area (Å²) < 4.78 is 58.9. The molecule has 31 heavy (non-hydrogen) atoms. The monoisotopic (exact) mass is 463 g/mol. The zero-order valence-corrected chi connectivity index (χ0v) is 17.0. The van der Waals surface area contributed by atoms with Crippen LogP contribution in [-0.2, 0) is 20.4 Å². The van der Waals surface area contributed by atoms with E-state index in [1.807, 2.05) is 0 Å². The number of hydrogen-bond donors (Lipinski definition) is 0. The summed E-state index contributed by atoms with van der Waals surface area (Å²) in [5.41, 5.74) is -1.36. The lowest BCUT2D eigenvalue weighted by Crippen LogP contribution is -2.21. The molecule has 8 nitrogen and oxygen atoms in total. The van der Waals surface area contributed by atoms with Crippen molar-refractivity contribution < 1.29 is 41.8 Å². The lowest BCUT2D eigenvalue weighted by molar-refractivity contribution is -0.386. The van der Waals surface area contributed by atoms with Crippen molar-refractivity contribution >= 4 is 23.3 Å². The molecule has 0 amide bonds. The van der Waals surface area contributed by atoms with Gasteiger partial charge in [-0.3, -0.25) is 14.9 Å². The Morgan fingerprint density at radius 2 is 1.87 bits per heavy atom. The van der Waals surface area contributed by atoms with Gasteiger partial charge >= 0.3 is 17.8 Å². The molecule has 0 saturated carbocycles. The minimum Gasteiger partial charge on any atom is -0.469 e. The first-order valence-corrected chi connectivity index (χ1v) is 9.02. The molecule has 0 spiro atoms. The van der Waals surface area contributed by atoms with Gasteiger partial charge < -0.3 is 18.9 Å². The van der Waals surface area contributed by atoms with Crippen molar-refractivity contribution in [3.63, 3.8) is 0 Å². The highest BCUT2D eigenvalue weighted by atomic mass is 35.5. The van der Waals surface area contributed by atoms with Crippen LogP contribution in [0.5, 0.6) is 17.2 Å². The Morgan fingerprint density at radius 3 is 2.42 bits per heavy atom. The Balaban J connectivity index is 2.27. The molecule has 0 aliphatic heterocycles. The number of ether oxygens (including phenoxy) is 4. The number of benzene rings is 2. The number of hydrogen-bond acceptors (Lipinski definition) is 7. The molecular formula is C19H17ClF3NO7. The van der Waals surface area contributed by atoms with E-state index >= 15 is 0 Å². The number of alkyl halides is 3. The lowest BCUT2D eigenvalue weighted by Gasteiger charge is -2.18. The van der Waals surface area contributed by atoms with Crippen molar-refractivity contribution in [2.45, 2.75) is 25.3 Å². The van der Waals surface area contributed by atoms with Crippen LogP contribution in [0.3, 0.4) is 0 Å². The first-order chi connectivity index (χ1) is 14.5. The second-order valence-electron chi connectivity index (χ2n) is 6.03. The van der Waals surface area contributed by atoms with Crippen LogP contribution >= 0.6 is 11.6 Å². The molecule has 1 atom stereocenters. The lowest BCUT2D eigenvalue weighted by atomic mass is 10.2. The van der Waals surface area contributed by atoms with Gasteiger partial charge in [-0.25, -0.2) is 0 Å². The third-order valence-electron chi connectivity index (χ3n) is 3.95. The van der Waals surface area contributed by atoms with Crippen LogP contribution in [-0.4, -0.2) is 31.4 Å². The Morgan fingerprint density at radius 1 is 1.16 bits per heavy atom. The fourth-order valence-electron chi connectivity index (χ4n) is 2.39. The van der Waals surface area contributed by atoms with E-state index in [1.54, 1.807) is 0 Å². The number of nitro groups is 1. The van der Waals surface area contributed by atoms with Crippen molar-refractivity contribution in [3.8, 4) is 17.2 Å². The standard InChI is InChI=1S/C19H17ClF3NO7/c1-28-17(25)7-8-18(29-2)31-16-10-12(4-5-14(16)24(26)27)30-15-6-3-11(9-13(15)20)19(21,22)23/h3-6,9-10,18H,7-8H2,1-2H3. The van der Waals surface area contributed by atoms with Gasteiger partial charge in [0.1, 0.15) is 11.5 Å². The predicted molar refractivity (Wildman–Crippen MR) is 102 cm³/mol. The van der Waals surface area contributed by atoms with Gasteiger partial charge in [0.15, 0.2) is 0 Å². The number of rotatable bonds is 9. The fraction of sp³-hybridized carbons (Fsp3) is 0.316. The topological polar surface area (TPSA) is 97.1 Å². The number of nitro benzene ring substituents is 1. The Bertz CT molecular complexity index is 953. The average Bonchev–Trinajstić information content (AvgIpc) is 2.71. The maximum absolute atomic E-state index is 12.8. The molecule has 168 valence electrons. The van der Waals surface area contributed by atoms with E-state index in [9.17, 15) is 28.1 Å². The normalized spacial score (nSPS) is 12.2. The van der Waals surface area contributed by atoms with Crippen molar-refractivity contribution in [2.24, 2.45) is 0 Å². The van der Waals surface area contributed by atoms with Crippen LogP contribution in [0, 0.1) is 10.1 Å². The molecule has 0 fully saturated rings. The summed E-state index contributed by atoms with van der Waals surface area (Å²) >= 11 is 5.87. The maximum Gasteiger partial charge on any atom is 0.416 e.